The van der Waals surface area contributed by atoms with E-state index in [0.717, 1.165) is 18.2 Å². The second-order valence-corrected chi connectivity index (χ2v) is 3.10. The molecule has 0 radical (unpaired) electrons. The summed E-state index contributed by atoms with van der Waals surface area (Å²) in [5.41, 5.74) is -0.796. The van der Waals surface area contributed by atoms with Gasteiger partial charge in [-0.1, -0.05) is 0 Å². The Hall–Kier alpha value is -2.44. The van der Waals surface area contributed by atoms with Gasteiger partial charge in [0.25, 0.3) is 5.69 Å². The Bertz CT molecular complexity index is 605. The number of nitrogens with zero attached hydrogens (tertiary/aromatic N) is 1. The lowest BCUT2D eigenvalue weighted by Crippen LogP contribution is -1.95. The molecule has 1 aromatic carbocycles. The first-order valence-corrected chi connectivity index (χ1v) is 4.19. The van der Waals surface area contributed by atoms with Gasteiger partial charge in [0.05, 0.1) is 15.8 Å². The molecule has 7 heteroatoms. The average molecular weight is 224 g/mol. The van der Waals surface area contributed by atoms with Crippen LogP contribution in [0.15, 0.2) is 18.2 Å². The number of carboxylic acids is 1. The lowest BCUT2D eigenvalue weighted by atomic mass is 10.2. The molecule has 2 aromatic rings. The van der Waals surface area contributed by atoms with E-state index in [4.69, 9.17) is 5.11 Å². The zero-order valence-electron chi connectivity index (χ0n) is 7.73. The molecule has 0 saturated heterocycles. The van der Waals surface area contributed by atoms with E-state index < -0.39 is 16.7 Å². The summed E-state index contributed by atoms with van der Waals surface area (Å²) in [5, 5.41) is 19.3. The SMILES string of the molecule is O=C(O)c1cc2c([N+](=O)[O-])ccc(F)c2[nH]1. The highest BCUT2D eigenvalue weighted by Gasteiger charge is 2.19. The number of nitro benzene ring substituents is 1. The number of aromatic nitrogens is 1. The Morgan fingerprint density at radius 2 is 2.19 bits per heavy atom. The third-order valence-electron chi connectivity index (χ3n) is 2.15. The van der Waals surface area contributed by atoms with Gasteiger partial charge in [-0.05, 0) is 12.1 Å². The molecule has 0 unspecified atom stereocenters. The number of rotatable bonds is 2. The highest BCUT2D eigenvalue weighted by molar-refractivity contribution is 5.97. The maximum absolute atomic E-state index is 13.3. The molecule has 16 heavy (non-hydrogen) atoms. The van der Waals surface area contributed by atoms with E-state index >= 15 is 0 Å². The number of nitrogens with one attached hydrogen (secondary N) is 1. The summed E-state index contributed by atoms with van der Waals surface area (Å²) >= 11 is 0. The maximum Gasteiger partial charge on any atom is 0.352 e. The zero-order chi connectivity index (χ0) is 11.9. The standard InChI is InChI=1S/C9H5FN2O4/c10-5-1-2-7(12(15)16)4-3-6(9(13)14)11-8(4)5/h1-3,11H,(H,13,14). The molecule has 0 spiro atoms. The number of aromatic amines is 1. The number of benzene rings is 1. The minimum Gasteiger partial charge on any atom is -0.477 e. The van der Waals surface area contributed by atoms with Gasteiger partial charge in [-0.3, -0.25) is 10.1 Å². The largest absolute Gasteiger partial charge is 0.477 e. The number of H-pyrrole nitrogens is 1. The highest BCUT2D eigenvalue weighted by Crippen LogP contribution is 2.28. The minimum atomic E-state index is -1.30. The lowest BCUT2D eigenvalue weighted by Gasteiger charge is -1.94. The summed E-state index contributed by atoms with van der Waals surface area (Å²) in [5.74, 6) is -2.03. The number of aromatic carboxylic acids is 1. The van der Waals surface area contributed by atoms with E-state index in [0.29, 0.717) is 0 Å². The van der Waals surface area contributed by atoms with Crippen molar-refractivity contribution in [2.45, 2.75) is 0 Å². The van der Waals surface area contributed by atoms with Crippen LogP contribution in [-0.4, -0.2) is 21.0 Å². The molecule has 6 nitrogen and oxygen atoms in total. The number of carbonyl (C=O) groups is 1. The molecule has 0 aliphatic heterocycles. The monoisotopic (exact) mass is 224 g/mol. The van der Waals surface area contributed by atoms with Crippen LogP contribution in [0.4, 0.5) is 10.1 Å². The number of non-ortho nitro benzene ring substituents is 1. The molecular weight excluding hydrogens is 219 g/mol. The van der Waals surface area contributed by atoms with Crippen LogP contribution in [0.2, 0.25) is 0 Å². The molecule has 1 heterocycles. The van der Waals surface area contributed by atoms with E-state index in [1.54, 1.807) is 0 Å². The molecule has 82 valence electrons. The third kappa shape index (κ3) is 1.38. The summed E-state index contributed by atoms with van der Waals surface area (Å²) in [7, 11) is 0. The molecule has 0 fully saturated rings. The fourth-order valence-corrected chi connectivity index (χ4v) is 1.44. The molecule has 0 saturated carbocycles. The summed E-state index contributed by atoms with van der Waals surface area (Å²) in [6.07, 6.45) is 0. The predicted octanol–water partition coefficient (Wildman–Crippen LogP) is 1.91. The van der Waals surface area contributed by atoms with Gasteiger partial charge >= 0.3 is 5.97 Å². The van der Waals surface area contributed by atoms with Crippen molar-refractivity contribution in [3.63, 3.8) is 0 Å². The van der Waals surface area contributed by atoms with Crippen LogP contribution in [0.3, 0.4) is 0 Å². The number of hydrogen-bond donors (Lipinski definition) is 2. The van der Waals surface area contributed by atoms with Gasteiger partial charge in [0.15, 0.2) is 0 Å². The van der Waals surface area contributed by atoms with Gasteiger partial charge < -0.3 is 10.1 Å². The first-order chi connectivity index (χ1) is 7.50. The second kappa shape index (κ2) is 3.30. The van der Waals surface area contributed by atoms with E-state index in [2.05, 4.69) is 4.98 Å². The van der Waals surface area contributed by atoms with Crippen molar-refractivity contribution >= 4 is 22.6 Å². The second-order valence-electron chi connectivity index (χ2n) is 3.10. The molecule has 0 atom stereocenters. The fraction of sp³-hybridized carbons (Fsp3) is 0. The average Bonchev–Trinajstić information content (AvgIpc) is 2.62. The molecule has 2 rings (SSSR count). The van der Waals surface area contributed by atoms with Gasteiger partial charge in [0.2, 0.25) is 0 Å². The maximum atomic E-state index is 13.3. The van der Waals surface area contributed by atoms with Gasteiger partial charge in [0, 0.05) is 6.07 Å². The first-order valence-electron chi connectivity index (χ1n) is 4.19. The Labute approximate surface area is 87.5 Å². The van der Waals surface area contributed by atoms with Crippen LogP contribution in [0.25, 0.3) is 10.9 Å². The van der Waals surface area contributed by atoms with Crippen LogP contribution >= 0.6 is 0 Å². The van der Waals surface area contributed by atoms with Gasteiger partial charge in [0.1, 0.15) is 11.5 Å². The Balaban J connectivity index is 2.82. The number of hydrogen-bond acceptors (Lipinski definition) is 3. The summed E-state index contributed by atoms with van der Waals surface area (Å²) < 4.78 is 13.3. The van der Waals surface area contributed by atoms with Crippen molar-refractivity contribution in [1.82, 2.24) is 4.98 Å². The molecule has 0 bridgehead atoms. The van der Waals surface area contributed by atoms with E-state index in [9.17, 15) is 19.3 Å². The number of carboxylic acid groups (broad SMARTS) is 1. The minimum absolute atomic E-state index is 0.0533. The normalized spacial score (nSPS) is 10.6. The summed E-state index contributed by atoms with van der Waals surface area (Å²) in [6.45, 7) is 0. The van der Waals surface area contributed by atoms with Gasteiger partial charge in [-0.2, -0.15) is 0 Å². The van der Waals surface area contributed by atoms with Crippen LogP contribution < -0.4 is 0 Å². The van der Waals surface area contributed by atoms with Gasteiger partial charge in [-0.15, -0.1) is 0 Å². The number of nitro groups is 1. The smallest absolute Gasteiger partial charge is 0.352 e. The number of fused-ring (bicyclic) bond motifs is 1. The predicted molar refractivity (Wildman–Crippen MR) is 51.9 cm³/mol. The van der Waals surface area contributed by atoms with Crippen molar-refractivity contribution in [2.75, 3.05) is 0 Å². The third-order valence-corrected chi connectivity index (χ3v) is 2.15. The van der Waals surface area contributed by atoms with Crippen LogP contribution in [-0.2, 0) is 0 Å². The van der Waals surface area contributed by atoms with E-state index in [1.807, 2.05) is 0 Å². The van der Waals surface area contributed by atoms with Crippen molar-refractivity contribution in [3.8, 4) is 0 Å². The lowest BCUT2D eigenvalue weighted by molar-refractivity contribution is -0.383. The molecule has 1 aromatic heterocycles. The molecular formula is C9H5FN2O4. The first kappa shape index (κ1) is 10.1. The molecule has 0 aliphatic carbocycles. The van der Waals surface area contributed by atoms with Crippen LogP contribution in [0.5, 0.6) is 0 Å². The Morgan fingerprint density at radius 1 is 1.50 bits per heavy atom. The Morgan fingerprint density at radius 3 is 2.75 bits per heavy atom. The molecule has 0 amide bonds. The quantitative estimate of drug-likeness (QED) is 0.601. The van der Waals surface area contributed by atoms with Crippen molar-refractivity contribution in [3.05, 3.63) is 39.8 Å². The van der Waals surface area contributed by atoms with Crippen molar-refractivity contribution in [1.29, 1.82) is 0 Å². The molecule has 0 aliphatic rings. The highest BCUT2D eigenvalue weighted by atomic mass is 19.1. The van der Waals surface area contributed by atoms with Crippen LogP contribution in [0.1, 0.15) is 10.5 Å². The summed E-state index contributed by atoms with van der Waals surface area (Å²) in [6, 6.07) is 2.96. The van der Waals surface area contributed by atoms with Gasteiger partial charge in [-0.25, -0.2) is 9.18 Å². The zero-order valence-corrected chi connectivity index (χ0v) is 7.73. The number of halogens is 1. The fourth-order valence-electron chi connectivity index (χ4n) is 1.44. The van der Waals surface area contributed by atoms with Crippen molar-refractivity contribution in [2.24, 2.45) is 0 Å². The van der Waals surface area contributed by atoms with Crippen molar-refractivity contribution < 1.29 is 19.2 Å². The van der Waals surface area contributed by atoms with E-state index in [-0.39, 0.29) is 22.3 Å². The Kier molecular flexibility index (Phi) is 2.08. The topological polar surface area (TPSA) is 96.2 Å². The van der Waals surface area contributed by atoms with Crippen LogP contribution in [0, 0.1) is 15.9 Å². The molecule has 2 N–H and O–H groups in total. The van der Waals surface area contributed by atoms with E-state index in [1.165, 1.54) is 0 Å². The summed E-state index contributed by atoms with van der Waals surface area (Å²) in [4.78, 5) is 22.9.